The van der Waals surface area contributed by atoms with Crippen molar-refractivity contribution in [3.63, 3.8) is 0 Å². The third-order valence-electron chi connectivity index (χ3n) is 2.61. The summed E-state index contributed by atoms with van der Waals surface area (Å²) in [5, 5.41) is 10.4. The van der Waals surface area contributed by atoms with Gasteiger partial charge in [-0.3, -0.25) is 0 Å². The summed E-state index contributed by atoms with van der Waals surface area (Å²) < 4.78 is 39.5. The third-order valence-corrected chi connectivity index (χ3v) is 3.19. The number of aliphatic hydroxyl groups is 1. The lowest BCUT2D eigenvalue weighted by atomic mass is 10.0. The molecule has 1 nitrogen and oxygen atoms in total. The molecule has 0 aromatic heterocycles. The lowest BCUT2D eigenvalue weighted by Crippen LogP contribution is -2.06. The number of rotatable bonds is 2. The summed E-state index contributed by atoms with van der Waals surface area (Å²) in [6.45, 7) is 0. The van der Waals surface area contributed by atoms with Gasteiger partial charge in [0.15, 0.2) is 17.5 Å². The fourth-order valence-corrected chi connectivity index (χ4v) is 2.05. The van der Waals surface area contributed by atoms with E-state index in [9.17, 15) is 18.3 Å². The predicted molar refractivity (Wildman–Crippen MR) is 66.8 cm³/mol. The SMILES string of the molecule is OC(c1cc(Cl)ccc1Cl)c1ccc(F)c(F)c1F. The molecule has 1 atom stereocenters. The number of hydrogen-bond donors (Lipinski definition) is 1. The van der Waals surface area contributed by atoms with E-state index in [4.69, 9.17) is 23.2 Å². The lowest BCUT2D eigenvalue weighted by Gasteiger charge is -2.14. The Kier molecular flexibility index (Phi) is 4.04. The van der Waals surface area contributed by atoms with Crippen molar-refractivity contribution in [2.45, 2.75) is 6.10 Å². The molecule has 0 radical (unpaired) electrons. The molecule has 0 amide bonds. The highest BCUT2D eigenvalue weighted by Gasteiger charge is 2.22. The van der Waals surface area contributed by atoms with Gasteiger partial charge in [0.25, 0.3) is 0 Å². The maximum absolute atomic E-state index is 13.6. The highest BCUT2D eigenvalue weighted by atomic mass is 35.5. The quantitative estimate of drug-likeness (QED) is 0.810. The zero-order valence-corrected chi connectivity index (χ0v) is 10.8. The zero-order valence-electron chi connectivity index (χ0n) is 9.30. The minimum Gasteiger partial charge on any atom is -0.383 e. The molecule has 0 heterocycles. The van der Waals surface area contributed by atoms with Crippen LogP contribution in [0.25, 0.3) is 0 Å². The Morgan fingerprint density at radius 1 is 0.895 bits per heavy atom. The van der Waals surface area contributed by atoms with Gasteiger partial charge in [-0.1, -0.05) is 29.3 Å². The average Bonchev–Trinajstić information content (AvgIpc) is 2.38. The van der Waals surface area contributed by atoms with Crippen molar-refractivity contribution < 1.29 is 18.3 Å². The van der Waals surface area contributed by atoms with Gasteiger partial charge in [0, 0.05) is 21.2 Å². The molecule has 2 aromatic rings. The van der Waals surface area contributed by atoms with E-state index >= 15 is 0 Å². The molecule has 0 aliphatic rings. The molecule has 2 aromatic carbocycles. The molecule has 6 heteroatoms. The monoisotopic (exact) mass is 306 g/mol. The molecule has 0 aliphatic heterocycles. The van der Waals surface area contributed by atoms with Crippen LogP contribution in [-0.4, -0.2) is 5.11 Å². The van der Waals surface area contributed by atoms with Gasteiger partial charge in [-0.05, 0) is 24.3 Å². The van der Waals surface area contributed by atoms with Gasteiger partial charge in [-0.2, -0.15) is 0 Å². The molecule has 0 bridgehead atoms. The highest BCUT2D eigenvalue weighted by Crippen LogP contribution is 2.32. The van der Waals surface area contributed by atoms with Crippen molar-refractivity contribution in [2.75, 3.05) is 0 Å². The number of aliphatic hydroxyl groups excluding tert-OH is 1. The standard InChI is InChI=1S/C13H7Cl2F3O/c14-6-1-3-9(15)8(5-6)13(19)7-2-4-10(16)12(18)11(7)17/h1-5,13,19H. The minimum atomic E-state index is -1.64. The fourth-order valence-electron chi connectivity index (χ4n) is 1.64. The second-order valence-electron chi connectivity index (χ2n) is 3.83. The summed E-state index contributed by atoms with van der Waals surface area (Å²) in [5.41, 5.74) is -0.304. The van der Waals surface area contributed by atoms with Gasteiger partial charge in [-0.15, -0.1) is 0 Å². The summed E-state index contributed by atoms with van der Waals surface area (Å²) in [6, 6.07) is 5.92. The molecule has 1 unspecified atom stereocenters. The molecule has 2 rings (SSSR count). The summed E-state index contributed by atoms with van der Waals surface area (Å²) >= 11 is 11.6. The molecule has 0 spiro atoms. The average molecular weight is 307 g/mol. The number of benzene rings is 2. The van der Waals surface area contributed by atoms with E-state index in [0.29, 0.717) is 0 Å². The van der Waals surface area contributed by atoms with E-state index in [0.717, 1.165) is 12.1 Å². The van der Waals surface area contributed by atoms with Gasteiger partial charge < -0.3 is 5.11 Å². The molecule has 19 heavy (non-hydrogen) atoms. The van der Waals surface area contributed by atoms with Gasteiger partial charge >= 0.3 is 0 Å². The van der Waals surface area contributed by atoms with Crippen molar-refractivity contribution in [2.24, 2.45) is 0 Å². The Morgan fingerprint density at radius 3 is 2.26 bits per heavy atom. The van der Waals surface area contributed by atoms with E-state index in [1.165, 1.54) is 18.2 Å². The van der Waals surface area contributed by atoms with E-state index in [1.807, 2.05) is 0 Å². The molecule has 0 aliphatic carbocycles. The van der Waals surface area contributed by atoms with Crippen molar-refractivity contribution in [3.8, 4) is 0 Å². The topological polar surface area (TPSA) is 20.2 Å². The molecular weight excluding hydrogens is 300 g/mol. The fraction of sp³-hybridized carbons (Fsp3) is 0.0769. The van der Waals surface area contributed by atoms with Gasteiger partial charge in [0.1, 0.15) is 6.10 Å². The van der Waals surface area contributed by atoms with Crippen molar-refractivity contribution in [1.82, 2.24) is 0 Å². The van der Waals surface area contributed by atoms with Crippen LogP contribution in [0.1, 0.15) is 17.2 Å². The zero-order chi connectivity index (χ0) is 14.2. The molecular formula is C13H7Cl2F3O. The van der Waals surface area contributed by atoms with Crippen LogP contribution in [0, 0.1) is 17.5 Å². The van der Waals surface area contributed by atoms with Crippen molar-refractivity contribution in [3.05, 3.63) is 69.0 Å². The third kappa shape index (κ3) is 2.71. The molecule has 100 valence electrons. The summed E-state index contributed by atoms with van der Waals surface area (Å²) in [5.74, 6) is -4.43. The maximum Gasteiger partial charge on any atom is 0.194 e. The van der Waals surface area contributed by atoms with Crippen LogP contribution in [0.5, 0.6) is 0 Å². The first-order chi connectivity index (χ1) is 8.91. The van der Waals surface area contributed by atoms with Crippen LogP contribution >= 0.6 is 23.2 Å². The Hall–Kier alpha value is -1.23. The van der Waals surface area contributed by atoms with Crippen LogP contribution < -0.4 is 0 Å². The van der Waals surface area contributed by atoms with Gasteiger partial charge in [-0.25, -0.2) is 13.2 Å². The summed E-state index contributed by atoms with van der Waals surface area (Å²) in [6.07, 6.45) is -1.54. The van der Waals surface area contributed by atoms with Crippen LogP contribution in [0.4, 0.5) is 13.2 Å². The van der Waals surface area contributed by atoms with E-state index in [2.05, 4.69) is 0 Å². The Bertz CT molecular complexity index is 632. The van der Waals surface area contributed by atoms with Crippen LogP contribution in [-0.2, 0) is 0 Å². The minimum absolute atomic E-state index is 0.110. The second-order valence-corrected chi connectivity index (χ2v) is 4.68. The van der Waals surface area contributed by atoms with Gasteiger partial charge in [0.2, 0.25) is 0 Å². The number of hydrogen-bond acceptors (Lipinski definition) is 1. The molecule has 1 N–H and O–H groups in total. The Labute approximate surface area is 117 Å². The molecule has 0 fully saturated rings. The van der Waals surface area contributed by atoms with Crippen LogP contribution in [0.2, 0.25) is 10.0 Å². The first-order valence-corrected chi connectivity index (χ1v) is 5.94. The lowest BCUT2D eigenvalue weighted by molar-refractivity contribution is 0.212. The van der Waals surface area contributed by atoms with Gasteiger partial charge in [0.05, 0.1) is 0 Å². The smallest absolute Gasteiger partial charge is 0.194 e. The largest absolute Gasteiger partial charge is 0.383 e. The predicted octanol–water partition coefficient (Wildman–Crippen LogP) is 4.49. The second kappa shape index (κ2) is 5.41. The van der Waals surface area contributed by atoms with Crippen LogP contribution in [0.3, 0.4) is 0 Å². The molecule has 0 saturated heterocycles. The van der Waals surface area contributed by atoms with E-state index < -0.39 is 29.1 Å². The summed E-state index contributed by atoms with van der Waals surface area (Å²) in [7, 11) is 0. The van der Waals surface area contributed by atoms with E-state index in [1.54, 1.807) is 0 Å². The highest BCUT2D eigenvalue weighted by molar-refractivity contribution is 6.33. The van der Waals surface area contributed by atoms with Crippen molar-refractivity contribution >= 4 is 23.2 Å². The summed E-state index contributed by atoms with van der Waals surface area (Å²) in [4.78, 5) is 0. The normalized spacial score (nSPS) is 12.5. The van der Waals surface area contributed by atoms with Crippen LogP contribution in [0.15, 0.2) is 30.3 Å². The van der Waals surface area contributed by atoms with E-state index in [-0.39, 0.29) is 15.6 Å². The Morgan fingerprint density at radius 2 is 1.58 bits per heavy atom. The maximum atomic E-state index is 13.6. The van der Waals surface area contributed by atoms with Crippen molar-refractivity contribution in [1.29, 1.82) is 0 Å². The molecule has 0 saturated carbocycles. The number of halogens is 5. The first-order valence-electron chi connectivity index (χ1n) is 5.18. The first kappa shape index (κ1) is 14.2. The Balaban J connectivity index is 2.53.